The molecule has 0 radical (unpaired) electrons. The molecule has 8 heteroatoms. The van der Waals surface area contributed by atoms with Crippen LogP contribution in [0.1, 0.15) is 22.3 Å². The molecule has 0 atom stereocenters. The van der Waals surface area contributed by atoms with Crippen LogP contribution in [0.25, 0.3) is 5.69 Å². The number of thioether (sulfide) groups is 1. The summed E-state index contributed by atoms with van der Waals surface area (Å²) < 4.78 is 39.4. The lowest BCUT2D eigenvalue weighted by Crippen LogP contribution is -2.04. The lowest BCUT2D eigenvalue weighted by atomic mass is 10.1. The van der Waals surface area contributed by atoms with Gasteiger partial charge >= 0.3 is 6.18 Å². The third-order valence-corrected chi connectivity index (χ3v) is 4.66. The van der Waals surface area contributed by atoms with Gasteiger partial charge in [0.25, 0.3) is 0 Å². The number of tetrazole rings is 1. The van der Waals surface area contributed by atoms with E-state index in [1.54, 1.807) is 4.68 Å². The second-order valence-electron chi connectivity index (χ2n) is 5.65. The minimum atomic E-state index is -4.32. The fraction of sp³-hybridized carbons (Fsp3) is 0.235. The summed E-state index contributed by atoms with van der Waals surface area (Å²) in [4.78, 5) is 0. The summed E-state index contributed by atoms with van der Waals surface area (Å²) in [5.74, 6) is 0.476. The van der Waals surface area contributed by atoms with Gasteiger partial charge in [-0.25, -0.2) is 0 Å². The second kappa shape index (κ2) is 6.87. The van der Waals surface area contributed by atoms with Crippen LogP contribution in [0.4, 0.5) is 13.2 Å². The van der Waals surface area contributed by atoms with Crippen LogP contribution in [0.15, 0.2) is 47.6 Å². The zero-order valence-electron chi connectivity index (χ0n) is 13.6. The van der Waals surface area contributed by atoms with E-state index in [0.29, 0.717) is 10.9 Å². The van der Waals surface area contributed by atoms with Crippen molar-refractivity contribution in [2.45, 2.75) is 30.9 Å². The zero-order valence-corrected chi connectivity index (χ0v) is 14.4. The molecule has 0 aliphatic carbocycles. The van der Waals surface area contributed by atoms with Crippen molar-refractivity contribution in [2.24, 2.45) is 0 Å². The summed E-state index contributed by atoms with van der Waals surface area (Å²) in [5.41, 5.74) is 3.19. The summed E-state index contributed by atoms with van der Waals surface area (Å²) in [5, 5.41) is 12.3. The highest BCUT2D eigenvalue weighted by molar-refractivity contribution is 7.98. The molecule has 0 aliphatic rings. The Morgan fingerprint density at radius 1 is 1.04 bits per heavy atom. The number of benzene rings is 2. The normalized spacial score (nSPS) is 11.7. The van der Waals surface area contributed by atoms with Crippen molar-refractivity contribution in [2.75, 3.05) is 0 Å². The van der Waals surface area contributed by atoms with E-state index in [4.69, 9.17) is 0 Å². The van der Waals surface area contributed by atoms with Crippen LogP contribution < -0.4 is 0 Å². The molecule has 0 saturated heterocycles. The average molecular weight is 364 g/mol. The van der Waals surface area contributed by atoms with E-state index in [-0.39, 0.29) is 0 Å². The molecule has 0 aliphatic heterocycles. The highest BCUT2D eigenvalue weighted by Gasteiger charge is 2.29. The van der Waals surface area contributed by atoms with Gasteiger partial charge in [0.2, 0.25) is 5.16 Å². The number of alkyl halides is 3. The molecule has 0 saturated carbocycles. The van der Waals surface area contributed by atoms with Gasteiger partial charge in [-0.1, -0.05) is 41.6 Å². The molecule has 0 bridgehead atoms. The van der Waals surface area contributed by atoms with E-state index in [0.717, 1.165) is 34.5 Å². The van der Waals surface area contributed by atoms with Crippen LogP contribution >= 0.6 is 11.8 Å². The van der Waals surface area contributed by atoms with E-state index < -0.39 is 11.7 Å². The highest BCUT2D eigenvalue weighted by atomic mass is 32.2. The quantitative estimate of drug-likeness (QED) is 0.635. The molecule has 1 aromatic heterocycles. The third-order valence-electron chi connectivity index (χ3n) is 3.67. The Morgan fingerprint density at radius 2 is 1.76 bits per heavy atom. The molecule has 0 fully saturated rings. The van der Waals surface area contributed by atoms with Crippen molar-refractivity contribution >= 4 is 11.8 Å². The topological polar surface area (TPSA) is 43.6 Å². The summed E-state index contributed by atoms with van der Waals surface area (Å²) in [6.45, 7) is 3.99. The SMILES string of the molecule is Cc1ccc(-n2nnnc2SCc2ccc(C(F)(F)F)cc2)c(C)c1. The molecule has 4 nitrogen and oxygen atoms in total. The minimum Gasteiger partial charge on any atom is -0.187 e. The fourth-order valence-corrected chi connectivity index (χ4v) is 3.24. The van der Waals surface area contributed by atoms with Crippen molar-refractivity contribution < 1.29 is 13.2 Å². The van der Waals surface area contributed by atoms with Crippen LogP contribution in [0.3, 0.4) is 0 Å². The minimum absolute atomic E-state index is 0.476. The van der Waals surface area contributed by atoms with E-state index in [1.807, 2.05) is 32.0 Å². The van der Waals surface area contributed by atoms with Gasteiger partial charge in [0, 0.05) is 5.75 Å². The second-order valence-corrected chi connectivity index (χ2v) is 6.59. The lowest BCUT2D eigenvalue weighted by molar-refractivity contribution is -0.137. The summed E-state index contributed by atoms with van der Waals surface area (Å²) in [6.07, 6.45) is -4.32. The number of halogens is 3. The predicted octanol–water partition coefficient (Wildman–Crippen LogP) is 4.59. The van der Waals surface area contributed by atoms with Crippen LogP contribution in [0, 0.1) is 13.8 Å². The zero-order chi connectivity index (χ0) is 18.0. The van der Waals surface area contributed by atoms with Gasteiger partial charge in [-0.05, 0) is 53.6 Å². The average Bonchev–Trinajstić information content (AvgIpc) is 3.01. The largest absolute Gasteiger partial charge is 0.416 e. The van der Waals surface area contributed by atoms with E-state index in [9.17, 15) is 13.2 Å². The maximum Gasteiger partial charge on any atom is 0.416 e. The molecule has 3 rings (SSSR count). The monoisotopic (exact) mass is 364 g/mol. The third kappa shape index (κ3) is 4.01. The van der Waals surface area contributed by atoms with Crippen LogP contribution in [-0.4, -0.2) is 20.2 Å². The Labute approximate surface area is 147 Å². The number of aromatic nitrogens is 4. The first-order valence-corrected chi connectivity index (χ1v) is 8.48. The number of hydrogen-bond donors (Lipinski definition) is 0. The number of hydrogen-bond acceptors (Lipinski definition) is 4. The maximum absolute atomic E-state index is 12.6. The molecule has 3 aromatic rings. The van der Waals surface area contributed by atoms with Crippen molar-refractivity contribution in [3.8, 4) is 5.69 Å². The molecule has 0 unspecified atom stereocenters. The molecular weight excluding hydrogens is 349 g/mol. The van der Waals surface area contributed by atoms with Gasteiger partial charge in [-0.15, -0.1) is 5.10 Å². The van der Waals surface area contributed by atoms with E-state index in [1.165, 1.54) is 23.9 Å². The molecule has 0 spiro atoms. The van der Waals surface area contributed by atoms with Crippen LogP contribution in [0.2, 0.25) is 0 Å². The first kappa shape index (κ1) is 17.5. The highest BCUT2D eigenvalue weighted by Crippen LogP contribution is 2.30. The molecule has 0 N–H and O–H groups in total. The molecule has 0 amide bonds. The number of rotatable bonds is 4. The Hall–Kier alpha value is -2.35. The Bertz CT molecular complexity index is 872. The van der Waals surface area contributed by atoms with Crippen molar-refractivity contribution in [1.29, 1.82) is 0 Å². The molecule has 1 heterocycles. The Kier molecular flexibility index (Phi) is 4.80. The van der Waals surface area contributed by atoms with Crippen LogP contribution in [0.5, 0.6) is 0 Å². The van der Waals surface area contributed by atoms with Gasteiger partial charge in [-0.2, -0.15) is 17.9 Å². The molecular formula is C17H15F3N4S. The van der Waals surface area contributed by atoms with E-state index >= 15 is 0 Å². The summed E-state index contributed by atoms with van der Waals surface area (Å²) in [6, 6.07) is 11.1. The van der Waals surface area contributed by atoms with Crippen molar-refractivity contribution in [3.05, 3.63) is 64.7 Å². The Balaban J connectivity index is 1.76. The van der Waals surface area contributed by atoms with Crippen molar-refractivity contribution in [1.82, 2.24) is 20.2 Å². The fourth-order valence-electron chi connectivity index (χ4n) is 2.40. The smallest absolute Gasteiger partial charge is 0.187 e. The lowest BCUT2D eigenvalue weighted by Gasteiger charge is -2.09. The van der Waals surface area contributed by atoms with Crippen molar-refractivity contribution in [3.63, 3.8) is 0 Å². The summed E-state index contributed by atoms with van der Waals surface area (Å²) >= 11 is 1.37. The first-order chi connectivity index (χ1) is 11.8. The van der Waals surface area contributed by atoms with Gasteiger partial charge in [0.15, 0.2) is 0 Å². The van der Waals surface area contributed by atoms with Gasteiger partial charge in [-0.3, -0.25) is 0 Å². The maximum atomic E-state index is 12.6. The first-order valence-electron chi connectivity index (χ1n) is 7.49. The molecule has 25 heavy (non-hydrogen) atoms. The molecule has 2 aromatic carbocycles. The van der Waals surface area contributed by atoms with Gasteiger partial charge < -0.3 is 0 Å². The molecule has 130 valence electrons. The van der Waals surface area contributed by atoms with Gasteiger partial charge in [0.05, 0.1) is 11.3 Å². The number of nitrogens with zero attached hydrogens (tertiary/aromatic N) is 4. The Morgan fingerprint density at radius 3 is 2.40 bits per heavy atom. The van der Waals surface area contributed by atoms with Gasteiger partial charge in [0.1, 0.15) is 0 Å². The predicted molar refractivity (Wildman–Crippen MR) is 89.6 cm³/mol. The van der Waals surface area contributed by atoms with E-state index in [2.05, 4.69) is 15.5 Å². The standard InChI is InChI=1S/C17H15F3N4S/c1-11-3-8-15(12(2)9-11)24-16(21-22-23-24)25-10-13-4-6-14(7-5-13)17(18,19)20/h3-9H,10H2,1-2H3. The number of aryl methyl sites for hydroxylation is 2. The summed E-state index contributed by atoms with van der Waals surface area (Å²) in [7, 11) is 0. The van der Waals surface area contributed by atoms with Crippen LogP contribution in [-0.2, 0) is 11.9 Å².